The Morgan fingerprint density at radius 1 is 1.16 bits per heavy atom. The van der Waals surface area contributed by atoms with Crippen molar-refractivity contribution in [1.82, 2.24) is 10.0 Å². The lowest BCUT2D eigenvalue weighted by Gasteiger charge is -2.16. The number of benzene rings is 2. The van der Waals surface area contributed by atoms with Crippen molar-refractivity contribution in [1.29, 1.82) is 5.26 Å². The quantitative estimate of drug-likeness (QED) is 0.345. The van der Waals surface area contributed by atoms with Gasteiger partial charge in [-0.3, -0.25) is 9.59 Å². The number of nitrogens with zero attached hydrogens (tertiary/aromatic N) is 1. The minimum atomic E-state index is -4.57. The van der Waals surface area contributed by atoms with Crippen LogP contribution < -0.4 is 15.4 Å². The zero-order valence-corrected chi connectivity index (χ0v) is 18.2. The van der Waals surface area contributed by atoms with Gasteiger partial charge in [0.15, 0.2) is 6.19 Å². The van der Waals surface area contributed by atoms with Crippen LogP contribution in [0.15, 0.2) is 42.5 Å². The Morgan fingerprint density at radius 3 is 2.44 bits per heavy atom. The monoisotopic (exact) mass is 466 g/mol. The van der Waals surface area contributed by atoms with Crippen molar-refractivity contribution in [3.63, 3.8) is 0 Å². The van der Waals surface area contributed by atoms with Crippen LogP contribution in [0.5, 0.6) is 0 Å². The van der Waals surface area contributed by atoms with E-state index >= 15 is 0 Å². The van der Waals surface area contributed by atoms with Gasteiger partial charge in [0.1, 0.15) is 0 Å². The van der Waals surface area contributed by atoms with Crippen LogP contribution in [0.1, 0.15) is 38.8 Å². The third kappa shape index (κ3) is 6.49. The molecule has 0 saturated heterocycles. The SMILES string of the molecule is Cc1cccc(C(=O)Nc2cccc(C(F)(F)F)c2)c1C(=O)NC(C)C=S(C)(=O)NC#N. The topological polar surface area (TPSA) is 111 Å². The second kappa shape index (κ2) is 9.74. The highest BCUT2D eigenvalue weighted by Gasteiger charge is 2.30. The number of aryl methyl sites for hydroxylation is 1. The molecule has 32 heavy (non-hydrogen) atoms. The molecule has 2 amide bonds. The predicted octanol–water partition coefficient (Wildman–Crippen LogP) is 3.09. The molecular formula is C21H21F3N4O3S. The van der Waals surface area contributed by atoms with E-state index < -0.39 is 39.3 Å². The highest BCUT2D eigenvalue weighted by atomic mass is 32.2. The first-order valence-electron chi connectivity index (χ1n) is 9.23. The molecule has 0 aliphatic rings. The van der Waals surface area contributed by atoms with E-state index in [0.29, 0.717) is 5.56 Å². The molecular weight excluding hydrogens is 445 g/mol. The summed E-state index contributed by atoms with van der Waals surface area (Å²) in [7, 11) is -2.82. The summed E-state index contributed by atoms with van der Waals surface area (Å²) in [6.07, 6.45) is -1.70. The zero-order chi connectivity index (χ0) is 24.1. The van der Waals surface area contributed by atoms with E-state index in [1.807, 2.05) is 0 Å². The highest BCUT2D eigenvalue weighted by Crippen LogP contribution is 2.30. The van der Waals surface area contributed by atoms with Crippen molar-refractivity contribution >= 4 is 32.6 Å². The van der Waals surface area contributed by atoms with Crippen molar-refractivity contribution in [3.8, 4) is 6.19 Å². The van der Waals surface area contributed by atoms with Gasteiger partial charge in [0.05, 0.1) is 32.4 Å². The zero-order valence-electron chi connectivity index (χ0n) is 17.4. The van der Waals surface area contributed by atoms with Crippen LogP contribution in [-0.4, -0.2) is 33.7 Å². The normalized spacial score (nSPS) is 13.8. The number of halogens is 3. The molecule has 2 unspecified atom stereocenters. The van der Waals surface area contributed by atoms with Crippen LogP contribution in [0.4, 0.5) is 18.9 Å². The number of carbonyl (C=O) groups is 2. The van der Waals surface area contributed by atoms with Crippen LogP contribution in [0, 0.1) is 18.4 Å². The Morgan fingerprint density at radius 2 is 1.81 bits per heavy atom. The van der Waals surface area contributed by atoms with Gasteiger partial charge < -0.3 is 10.6 Å². The molecule has 2 aromatic carbocycles. The van der Waals surface area contributed by atoms with Crippen LogP contribution >= 0.6 is 0 Å². The molecule has 0 aromatic heterocycles. The lowest BCUT2D eigenvalue weighted by Crippen LogP contribution is -2.38. The van der Waals surface area contributed by atoms with Crippen LogP contribution in [0.3, 0.4) is 0 Å². The van der Waals surface area contributed by atoms with Crippen molar-refractivity contribution in [2.75, 3.05) is 11.6 Å². The Kier molecular flexibility index (Phi) is 7.53. The van der Waals surface area contributed by atoms with Crippen LogP contribution in [0.25, 0.3) is 0 Å². The molecule has 2 rings (SSSR count). The predicted molar refractivity (Wildman–Crippen MR) is 116 cm³/mol. The lowest BCUT2D eigenvalue weighted by molar-refractivity contribution is -0.137. The van der Waals surface area contributed by atoms with Gasteiger partial charge >= 0.3 is 6.18 Å². The van der Waals surface area contributed by atoms with E-state index in [1.54, 1.807) is 32.2 Å². The Labute approximate surface area is 183 Å². The van der Waals surface area contributed by atoms with E-state index in [-0.39, 0.29) is 16.8 Å². The minimum absolute atomic E-state index is 0.0214. The maximum atomic E-state index is 12.9. The van der Waals surface area contributed by atoms with Crippen molar-refractivity contribution < 1.29 is 27.0 Å². The fraction of sp³-hybridized carbons (Fsp3) is 0.238. The number of nitrogens with one attached hydrogen (secondary N) is 3. The van der Waals surface area contributed by atoms with Gasteiger partial charge in [-0.05, 0) is 43.7 Å². The van der Waals surface area contributed by atoms with Gasteiger partial charge in [-0.25, -0.2) is 8.93 Å². The Bertz CT molecular complexity index is 1200. The van der Waals surface area contributed by atoms with Gasteiger partial charge in [-0.1, -0.05) is 18.2 Å². The number of hydrogen-bond acceptors (Lipinski definition) is 4. The Balaban J connectivity index is 2.31. The first-order chi connectivity index (χ1) is 14.8. The van der Waals surface area contributed by atoms with Crippen molar-refractivity contribution in [2.45, 2.75) is 26.1 Å². The van der Waals surface area contributed by atoms with Gasteiger partial charge in [-0.15, -0.1) is 0 Å². The van der Waals surface area contributed by atoms with Gasteiger partial charge in [0, 0.05) is 17.3 Å². The molecule has 170 valence electrons. The van der Waals surface area contributed by atoms with E-state index in [2.05, 4.69) is 15.4 Å². The summed E-state index contributed by atoms with van der Waals surface area (Å²) in [5.41, 5.74) is -0.560. The molecule has 0 aliphatic heterocycles. The number of hydrogen-bond donors (Lipinski definition) is 3. The average Bonchev–Trinajstić information content (AvgIpc) is 2.66. The second-order valence-electron chi connectivity index (χ2n) is 7.05. The fourth-order valence-corrected chi connectivity index (χ4v) is 4.05. The highest BCUT2D eigenvalue weighted by molar-refractivity contribution is 7.99. The van der Waals surface area contributed by atoms with E-state index in [1.165, 1.54) is 23.8 Å². The summed E-state index contributed by atoms with van der Waals surface area (Å²) < 4.78 is 53.1. The maximum absolute atomic E-state index is 12.9. The molecule has 0 aliphatic carbocycles. The molecule has 2 atom stereocenters. The summed E-state index contributed by atoms with van der Waals surface area (Å²) in [6.45, 7) is 3.14. The van der Waals surface area contributed by atoms with E-state index in [0.717, 1.165) is 18.2 Å². The largest absolute Gasteiger partial charge is 0.416 e. The van der Waals surface area contributed by atoms with Gasteiger partial charge in [0.2, 0.25) is 0 Å². The number of rotatable bonds is 6. The second-order valence-corrected chi connectivity index (χ2v) is 9.33. The summed E-state index contributed by atoms with van der Waals surface area (Å²) in [6, 6.07) is 7.94. The molecule has 7 nitrogen and oxygen atoms in total. The molecule has 0 radical (unpaired) electrons. The molecule has 2 aromatic rings. The van der Waals surface area contributed by atoms with Crippen LogP contribution in [0.2, 0.25) is 0 Å². The van der Waals surface area contributed by atoms with Crippen molar-refractivity contribution in [2.24, 2.45) is 0 Å². The van der Waals surface area contributed by atoms with Gasteiger partial charge in [-0.2, -0.15) is 18.4 Å². The van der Waals surface area contributed by atoms with E-state index in [9.17, 15) is 27.0 Å². The minimum Gasteiger partial charge on any atom is -0.345 e. The first kappa shape index (κ1) is 24.7. The summed E-state index contributed by atoms with van der Waals surface area (Å²) in [5, 5.41) is 14.9. The number of alkyl halides is 3. The standard InChI is InChI=1S/C21H21F3N4O3S/c1-13-6-4-9-17(18(13)20(30)27-14(2)11-32(3,31)26-12-25)19(29)28-16-8-5-7-15(10-16)21(22,23)24/h4-11,14H,1-3H3,(H,26,31)(H,27,30)(H,28,29). The summed E-state index contributed by atoms with van der Waals surface area (Å²) in [4.78, 5) is 25.6. The Hall–Kier alpha value is -3.52. The van der Waals surface area contributed by atoms with Crippen LogP contribution in [-0.2, 0) is 15.9 Å². The molecule has 0 bridgehead atoms. The average molecular weight is 466 g/mol. The maximum Gasteiger partial charge on any atom is 0.416 e. The molecule has 0 heterocycles. The third-order valence-electron chi connectivity index (χ3n) is 4.26. The van der Waals surface area contributed by atoms with E-state index in [4.69, 9.17) is 5.26 Å². The number of carbonyl (C=O) groups excluding carboxylic acids is 2. The first-order valence-corrected chi connectivity index (χ1v) is 11.3. The number of anilines is 1. The lowest BCUT2D eigenvalue weighted by atomic mass is 10.00. The molecule has 0 fully saturated rings. The summed E-state index contributed by atoms with van der Waals surface area (Å²) >= 11 is 0. The van der Waals surface area contributed by atoms with Gasteiger partial charge in [0.25, 0.3) is 11.8 Å². The number of nitriles is 1. The smallest absolute Gasteiger partial charge is 0.345 e. The third-order valence-corrected chi connectivity index (χ3v) is 5.69. The number of amides is 2. The molecule has 11 heteroatoms. The molecule has 0 spiro atoms. The van der Waals surface area contributed by atoms with Crippen molar-refractivity contribution in [3.05, 3.63) is 64.7 Å². The molecule has 3 N–H and O–H groups in total. The fourth-order valence-electron chi connectivity index (χ4n) is 2.96. The summed E-state index contributed by atoms with van der Waals surface area (Å²) in [5.74, 6) is -1.41. The molecule has 0 saturated carbocycles.